The average molecular weight is 513 g/mol. The number of piperazine rings is 1. The molecule has 2 heterocycles. The quantitative estimate of drug-likeness (QED) is 0.478. The number of methoxy groups -OCH3 is 1. The second kappa shape index (κ2) is 10.2. The monoisotopic (exact) mass is 512 g/mol. The number of aryl methyl sites for hydroxylation is 3. The van der Waals surface area contributed by atoms with Crippen molar-refractivity contribution in [3.05, 3.63) is 65.5 Å². The van der Waals surface area contributed by atoms with Crippen molar-refractivity contribution in [2.75, 3.05) is 42.5 Å². The fourth-order valence-corrected chi connectivity index (χ4v) is 6.25. The third-order valence-electron chi connectivity index (χ3n) is 6.50. The predicted octanol–water partition coefficient (Wildman–Crippen LogP) is 3.54. The summed E-state index contributed by atoms with van der Waals surface area (Å²) in [5.41, 5.74) is 2.91. The predicted molar refractivity (Wildman–Crippen MR) is 138 cm³/mol. The fourth-order valence-electron chi connectivity index (χ4n) is 4.54. The molecule has 1 atom stereocenters. The van der Waals surface area contributed by atoms with Gasteiger partial charge in [0.25, 0.3) is 10.0 Å². The van der Waals surface area contributed by atoms with Crippen molar-refractivity contribution in [1.82, 2.24) is 10.1 Å². The van der Waals surface area contributed by atoms with E-state index in [0.29, 0.717) is 31.1 Å². The Kier molecular flexibility index (Phi) is 7.26. The van der Waals surface area contributed by atoms with Gasteiger partial charge >= 0.3 is 0 Å². The summed E-state index contributed by atoms with van der Waals surface area (Å²) in [4.78, 5) is 17.4. The van der Waals surface area contributed by atoms with Crippen LogP contribution in [0.5, 0.6) is 5.75 Å². The highest BCUT2D eigenvalue weighted by atomic mass is 32.2. The lowest BCUT2D eigenvalue weighted by atomic mass is 10.1. The molecule has 0 bridgehead atoms. The number of carbonyl (C=O) groups is 1. The summed E-state index contributed by atoms with van der Waals surface area (Å²) >= 11 is 0. The molecular weight excluding hydrogens is 480 g/mol. The summed E-state index contributed by atoms with van der Waals surface area (Å²) in [6.45, 7) is 8.56. The van der Waals surface area contributed by atoms with Crippen LogP contribution in [-0.2, 0) is 14.8 Å². The van der Waals surface area contributed by atoms with E-state index in [0.717, 1.165) is 9.99 Å². The van der Waals surface area contributed by atoms with E-state index in [2.05, 4.69) is 48.2 Å². The van der Waals surface area contributed by atoms with Crippen molar-refractivity contribution < 1.29 is 22.5 Å². The van der Waals surface area contributed by atoms with Crippen LogP contribution in [0.3, 0.4) is 0 Å². The number of ether oxygens (including phenoxy) is 1. The van der Waals surface area contributed by atoms with E-state index in [1.54, 1.807) is 43.0 Å². The third kappa shape index (κ3) is 5.04. The smallest absolute Gasteiger partial charge is 0.270 e. The van der Waals surface area contributed by atoms with Gasteiger partial charge in [0.15, 0.2) is 10.7 Å². The van der Waals surface area contributed by atoms with Gasteiger partial charge in [-0.25, -0.2) is 8.42 Å². The zero-order valence-corrected chi connectivity index (χ0v) is 22.1. The van der Waals surface area contributed by atoms with E-state index in [-0.39, 0.29) is 34.8 Å². The summed E-state index contributed by atoms with van der Waals surface area (Å²) in [6.07, 6.45) is 0. The Morgan fingerprint density at radius 2 is 1.75 bits per heavy atom. The maximum atomic E-state index is 13.8. The molecule has 0 radical (unpaired) electrons. The van der Waals surface area contributed by atoms with Crippen molar-refractivity contribution in [1.29, 1.82) is 0 Å². The van der Waals surface area contributed by atoms with E-state index >= 15 is 0 Å². The van der Waals surface area contributed by atoms with Crippen molar-refractivity contribution in [2.45, 2.75) is 38.6 Å². The van der Waals surface area contributed by atoms with Gasteiger partial charge in [-0.15, -0.1) is 0 Å². The average Bonchev–Trinajstić information content (AvgIpc) is 3.21. The van der Waals surface area contributed by atoms with Gasteiger partial charge in [0.05, 0.1) is 12.8 Å². The molecule has 0 aliphatic carbocycles. The zero-order valence-electron chi connectivity index (χ0n) is 21.3. The first-order chi connectivity index (χ1) is 17.1. The highest BCUT2D eigenvalue weighted by Gasteiger charge is 2.35. The molecule has 1 saturated heterocycles. The first-order valence-electron chi connectivity index (χ1n) is 11.8. The fraction of sp³-hybridized carbons (Fsp3) is 0.385. The highest BCUT2D eigenvalue weighted by molar-refractivity contribution is 7.93. The Hall–Kier alpha value is -3.53. The van der Waals surface area contributed by atoms with Crippen LogP contribution < -0.4 is 13.9 Å². The van der Waals surface area contributed by atoms with Crippen LogP contribution in [0.25, 0.3) is 0 Å². The molecule has 0 N–H and O–H groups in total. The SMILES string of the molecule is COc1ccc(N(CC(=O)N2CCN(c3ccc(C)cc3)C(C)C2)S(=O)(=O)c2c(C)noc2C)cc1. The standard InChI is InChI=1S/C26H32N4O5S/c1-18-6-8-22(9-7-18)29-15-14-28(16-19(29)2)25(31)17-30(23-10-12-24(34-5)13-11-23)36(32,33)26-20(3)27-35-21(26)4/h6-13,19H,14-17H2,1-5H3. The van der Waals surface area contributed by atoms with Crippen LogP contribution in [0.15, 0.2) is 57.9 Å². The zero-order chi connectivity index (χ0) is 26.0. The summed E-state index contributed by atoms with van der Waals surface area (Å²) < 4.78 is 39.0. The normalized spacial score (nSPS) is 16.2. The molecular formula is C26H32N4O5S. The Morgan fingerprint density at radius 1 is 1.08 bits per heavy atom. The van der Waals surface area contributed by atoms with E-state index in [4.69, 9.17) is 9.26 Å². The maximum absolute atomic E-state index is 13.8. The van der Waals surface area contributed by atoms with Crippen LogP contribution in [0, 0.1) is 20.8 Å². The highest BCUT2D eigenvalue weighted by Crippen LogP contribution is 2.30. The second-order valence-electron chi connectivity index (χ2n) is 9.08. The van der Waals surface area contributed by atoms with E-state index in [1.807, 2.05) is 0 Å². The topological polar surface area (TPSA) is 96.2 Å². The Morgan fingerprint density at radius 3 is 2.31 bits per heavy atom. The van der Waals surface area contributed by atoms with Crippen molar-refractivity contribution in [2.24, 2.45) is 0 Å². The van der Waals surface area contributed by atoms with Crippen LogP contribution in [0.1, 0.15) is 23.9 Å². The summed E-state index contributed by atoms with van der Waals surface area (Å²) in [6, 6.07) is 15.0. The molecule has 1 amide bonds. The number of hydrogen-bond donors (Lipinski definition) is 0. The van der Waals surface area contributed by atoms with Crippen LogP contribution in [0.2, 0.25) is 0 Å². The molecule has 1 fully saturated rings. The number of nitrogens with zero attached hydrogens (tertiary/aromatic N) is 4. The first kappa shape index (κ1) is 25.6. The molecule has 1 unspecified atom stereocenters. The molecule has 3 aromatic rings. The van der Waals surface area contributed by atoms with Gasteiger partial charge in [-0.1, -0.05) is 22.9 Å². The third-order valence-corrected chi connectivity index (χ3v) is 8.52. The summed E-state index contributed by atoms with van der Waals surface area (Å²) in [5, 5.41) is 3.81. The Bertz CT molecular complexity index is 1300. The van der Waals surface area contributed by atoms with Gasteiger partial charge in [0.1, 0.15) is 18.0 Å². The number of sulfonamides is 1. The van der Waals surface area contributed by atoms with Gasteiger partial charge in [0, 0.05) is 31.4 Å². The number of benzene rings is 2. The minimum Gasteiger partial charge on any atom is -0.497 e. The number of amides is 1. The largest absolute Gasteiger partial charge is 0.497 e. The van der Waals surface area contributed by atoms with Gasteiger partial charge in [0.2, 0.25) is 5.91 Å². The van der Waals surface area contributed by atoms with Gasteiger partial charge in [-0.2, -0.15) is 0 Å². The molecule has 1 aromatic heterocycles. The Labute approximate surface area is 212 Å². The molecule has 192 valence electrons. The molecule has 10 heteroatoms. The van der Waals surface area contributed by atoms with Crippen molar-refractivity contribution in [3.63, 3.8) is 0 Å². The number of anilines is 2. The van der Waals surface area contributed by atoms with E-state index in [9.17, 15) is 13.2 Å². The lowest BCUT2D eigenvalue weighted by molar-refractivity contribution is -0.130. The maximum Gasteiger partial charge on any atom is 0.270 e. The Balaban J connectivity index is 1.58. The van der Waals surface area contributed by atoms with Gasteiger partial charge in [-0.3, -0.25) is 9.10 Å². The lowest BCUT2D eigenvalue weighted by Gasteiger charge is -2.41. The number of carbonyl (C=O) groups excluding carboxylic acids is 1. The van der Waals surface area contributed by atoms with Gasteiger partial charge in [-0.05, 0) is 64.1 Å². The summed E-state index contributed by atoms with van der Waals surface area (Å²) in [7, 11) is -2.58. The van der Waals surface area contributed by atoms with E-state index < -0.39 is 10.0 Å². The minimum absolute atomic E-state index is 0.0244. The molecule has 1 aliphatic heterocycles. The van der Waals surface area contributed by atoms with E-state index in [1.165, 1.54) is 12.7 Å². The summed E-state index contributed by atoms with van der Waals surface area (Å²) in [5.74, 6) is 0.496. The molecule has 4 rings (SSSR count). The van der Waals surface area contributed by atoms with Crippen LogP contribution >= 0.6 is 0 Å². The van der Waals surface area contributed by atoms with Crippen LogP contribution in [-0.4, -0.2) is 63.7 Å². The minimum atomic E-state index is -4.12. The molecule has 0 spiro atoms. The first-order valence-corrected chi connectivity index (χ1v) is 13.3. The number of aromatic nitrogens is 1. The molecule has 1 aliphatic rings. The van der Waals surface area contributed by atoms with Crippen molar-refractivity contribution >= 4 is 27.3 Å². The lowest BCUT2D eigenvalue weighted by Crippen LogP contribution is -2.55. The van der Waals surface area contributed by atoms with Gasteiger partial charge < -0.3 is 19.1 Å². The molecule has 9 nitrogen and oxygen atoms in total. The van der Waals surface area contributed by atoms with Crippen LogP contribution in [0.4, 0.5) is 11.4 Å². The van der Waals surface area contributed by atoms with Crippen molar-refractivity contribution in [3.8, 4) is 5.75 Å². The number of hydrogen-bond acceptors (Lipinski definition) is 7. The molecule has 0 saturated carbocycles. The number of rotatable bonds is 7. The molecule has 2 aromatic carbocycles. The second-order valence-corrected chi connectivity index (χ2v) is 10.9. The molecule has 36 heavy (non-hydrogen) atoms.